The number of aryl methyl sites for hydroxylation is 1. The molecule has 6 nitrogen and oxygen atoms in total. The first kappa shape index (κ1) is 18.4. The number of hydrogen-bond donors (Lipinski definition) is 0. The van der Waals surface area contributed by atoms with Crippen LogP contribution in [0.15, 0.2) is 17.2 Å². The molecule has 0 saturated carbocycles. The molecule has 0 N–H and O–H groups in total. The van der Waals surface area contributed by atoms with Crippen LogP contribution in [0.3, 0.4) is 0 Å². The van der Waals surface area contributed by atoms with E-state index in [1.807, 2.05) is 0 Å². The zero-order chi connectivity index (χ0) is 14.8. The molecule has 1 aromatic heterocycles. The molecule has 0 atom stereocenters. The van der Waals surface area contributed by atoms with Crippen molar-refractivity contribution in [2.45, 2.75) is 18.7 Å². The SMILES string of the molecule is CCN1CCN(S(=O)(=O)c2cnc(C)c([C-]=O)c2)CC1.[W]. The molecule has 116 valence electrons. The third-order valence-electron chi connectivity index (χ3n) is 3.59. The van der Waals surface area contributed by atoms with Gasteiger partial charge in [-0.25, -0.2) is 8.42 Å². The van der Waals surface area contributed by atoms with Gasteiger partial charge in [0.2, 0.25) is 10.0 Å². The van der Waals surface area contributed by atoms with E-state index < -0.39 is 10.0 Å². The number of likely N-dealkylation sites (N-methyl/N-ethyl adjacent to an activating group) is 1. The summed E-state index contributed by atoms with van der Waals surface area (Å²) in [6, 6.07) is 1.34. The van der Waals surface area contributed by atoms with Crippen molar-refractivity contribution in [3.05, 3.63) is 23.5 Å². The molecule has 1 aliphatic rings. The summed E-state index contributed by atoms with van der Waals surface area (Å²) in [6.07, 6.45) is 3.03. The van der Waals surface area contributed by atoms with Gasteiger partial charge in [-0.1, -0.05) is 19.5 Å². The van der Waals surface area contributed by atoms with Gasteiger partial charge in [0.15, 0.2) is 0 Å². The third kappa shape index (κ3) is 3.97. The van der Waals surface area contributed by atoms with Crippen LogP contribution in [0.4, 0.5) is 0 Å². The van der Waals surface area contributed by atoms with Gasteiger partial charge >= 0.3 is 0 Å². The molecule has 2 heterocycles. The Morgan fingerprint density at radius 2 is 1.90 bits per heavy atom. The van der Waals surface area contributed by atoms with E-state index in [4.69, 9.17) is 0 Å². The van der Waals surface area contributed by atoms with Crippen LogP contribution in [0.25, 0.3) is 0 Å². The summed E-state index contributed by atoms with van der Waals surface area (Å²) in [5.74, 6) is 0. The van der Waals surface area contributed by atoms with E-state index in [1.54, 1.807) is 13.2 Å². The maximum absolute atomic E-state index is 12.5. The number of hydrogen-bond acceptors (Lipinski definition) is 5. The molecule has 0 unspecified atom stereocenters. The molecule has 0 aliphatic carbocycles. The van der Waals surface area contributed by atoms with E-state index in [-0.39, 0.29) is 31.5 Å². The van der Waals surface area contributed by atoms with E-state index in [0.717, 1.165) is 19.6 Å². The van der Waals surface area contributed by atoms with E-state index in [1.165, 1.54) is 16.6 Å². The van der Waals surface area contributed by atoms with Crippen molar-refractivity contribution in [3.63, 3.8) is 0 Å². The predicted octanol–water partition coefficient (Wildman–Crippen LogP) is 0.172. The first-order valence-corrected chi connectivity index (χ1v) is 8.00. The quantitative estimate of drug-likeness (QED) is 0.576. The van der Waals surface area contributed by atoms with Crippen molar-refractivity contribution in [1.82, 2.24) is 14.2 Å². The fourth-order valence-electron chi connectivity index (χ4n) is 2.19. The molecule has 0 bridgehead atoms. The fraction of sp³-hybridized carbons (Fsp3) is 0.538. The molecule has 1 aromatic rings. The Balaban J connectivity index is 0.00000220. The average molecular weight is 480 g/mol. The molecule has 1 aliphatic heterocycles. The summed E-state index contributed by atoms with van der Waals surface area (Å²) < 4.78 is 26.4. The Morgan fingerprint density at radius 1 is 1.29 bits per heavy atom. The Kier molecular flexibility index (Phi) is 6.65. The number of rotatable bonds is 4. The summed E-state index contributed by atoms with van der Waals surface area (Å²) in [5, 5.41) is 0. The fourth-order valence-corrected chi connectivity index (χ4v) is 3.59. The number of pyridine rings is 1. The van der Waals surface area contributed by atoms with Crippen molar-refractivity contribution in [3.8, 4) is 0 Å². The Hall–Kier alpha value is -0.622. The number of sulfonamides is 1. The van der Waals surface area contributed by atoms with Crippen LogP contribution < -0.4 is 0 Å². The van der Waals surface area contributed by atoms with Crippen LogP contribution in [0, 0.1) is 6.92 Å². The van der Waals surface area contributed by atoms with Crippen molar-refractivity contribution < 1.29 is 34.3 Å². The second-order valence-corrected chi connectivity index (χ2v) is 6.68. The van der Waals surface area contributed by atoms with Crippen LogP contribution in [0.1, 0.15) is 18.2 Å². The molecule has 0 aromatic carbocycles. The third-order valence-corrected chi connectivity index (χ3v) is 5.45. The summed E-state index contributed by atoms with van der Waals surface area (Å²) in [7, 11) is -3.58. The summed E-state index contributed by atoms with van der Waals surface area (Å²) in [5.41, 5.74) is 0.674. The second kappa shape index (κ2) is 7.58. The van der Waals surface area contributed by atoms with Crippen molar-refractivity contribution in [2.75, 3.05) is 32.7 Å². The van der Waals surface area contributed by atoms with Gasteiger partial charge in [0.05, 0.1) is 6.29 Å². The van der Waals surface area contributed by atoms with Crippen molar-refractivity contribution >= 4 is 16.3 Å². The second-order valence-electron chi connectivity index (χ2n) is 4.74. The van der Waals surface area contributed by atoms with Gasteiger partial charge in [-0.3, -0.25) is 0 Å². The molecule has 0 amide bonds. The Morgan fingerprint density at radius 3 is 2.43 bits per heavy atom. The molecule has 0 spiro atoms. The first-order valence-electron chi connectivity index (χ1n) is 6.56. The molecule has 1 fully saturated rings. The smallest absolute Gasteiger partial charge is 0.233 e. The van der Waals surface area contributed by atoms with Gasteiger partial charge in [-0.05, 0) is 6.54 Å². The van der Waals surface area contributed by atoms with Crippen molar-refractivity contribution in [1.29, 1.82) is 0 Å². The van der Waals surface area contributed by atoms with Gasteiger partial charge in [-0.2, -0.15) is 4.31 Å². The van der Waals surface area contributed by atoms with Crippen LogP contribution >= 0.6 is 0 Å². The minimum Gasteiger partial charge on any atom is -0.376 e. The summed E-state index contributed by atoms with van der Waals surface area (Å²) in [4.78, 5) is 17.0. The summed E-state index contributed by atoms with van der Waals surface area (Å²) in [6.45, 7) is 7.00. The largest absolute Gasteiger partial charge is 0.376 e. The Labute approximate surface area is 139 Å². The molecule has 21 heavy (non-hydrogen) atoms. The standard InChI is InChI=1S/C13H18N3O3S.W/c1-3-15-4-6-16(7-5-15)20(18,19)13-8-12(10-17)11(2)14-9-13;/h8-9H,3-7H2,1-2H3;/q-1;. The van der Waals surface area contributed by atoms with E-state index >= 15 is 0 Å². The zero-order valence-corrected chi connectivity index (χ0v) is 15.8. The predicted molar refractivity (Wildman–Crippen MR) is 74.6 cm³/mol. The van der Waals surface area contributed by atoms with E-state index in [0.29, 0.717) is 18.8 Å². The monoisotopic (exact) mass is 480 g/mol. The molecule has 0 radical (unpaired) electrons. The van der Waals surface area contributed by atoms with Crippen LogP contribution in [0.2, 0.25) is 0 Å². The normalized spacial score (nSPS) is 17.2. The maximum atomic E-state index is 12.5. The molecular weight excluding hydrogens is 462 g/mol. The number of piperazine rings is 1. The zero-order valence-electron chi connectivity index (χ0n) is 12.1. The van der Waals surface area contributed by atoms with Crippen LogP contribution in [-0.4, -0.2) is 61.6 Å². The number of nitrogens with zero attached hydrogens (tertiary/aromatic N) is 3. The molecule has 8 heteroatoms. The van der Waals surface area contributed by atoms with Gasteiger partial charge < -0.3 is 14.7 Å². The molecular formula is C13H18N3O3SW-. The van der Waals surface area contributed by atoms with Gasteiger partial charge in [0.1, 0.15) is 0 Å². The topological polar surface area (TPSA) is 70.6 Å². The van der Waals surface area contributed by atoms with Crippen LogP contribution in [0.5, 0.6) is 0 Å². The minimum absolute atomic E-state index is 0. The minimum atomic E-state index is -3.58. The number of carbonyl (C=O) groups excluding carboxylic acids is 1. The molecule has 2 rings (SSSR count). The Bertz CT molecular complexity index is 599. The van der Waals surface area contributed by atoms with Gasteiger partial charge in [0.25, 0.3) is 0 Å². The van der Waals surface area contributed by atoms with E-state index in [2.05, 4.69) is 16.8 Å². The number of aromatic nitrogens is 1. The van der Waals surface area contributed by atoms with Crippen molar-refractivity contribution in [2.24, 2.45) is 0 Å². The van der Waals surface area contributed by atoms with E-state index in [9.17, 15) is 13.2 Å². The summed E-state index contributed by atoms with van der Waals surface area (Å²) >= 11 is 0. The van der Waals surface area contributed by atoms with Crippen LogP contribution in [-0.2, 0) is 35.9 Å². The average Bonchev–Trinajstić information content (AvgIpc) is 2.47. The maximum Gasteiger partial charge on any atom is 0.233 e. The van der Waals surface area contributed by atoms with Gasteiger partial charge in [-0.15, -0.1) is 11.6 Å². The first-order chi connectivity index (χ1) is 9.48. The molecule has 1 saturated heterocycles. The van der Waals surface area contributed by atoms with Gasteiger partial charge in [0, 0.05) is 58.3 Å².